The van der Waals surface area contributed by atoms with Crippen molar-refractivity contribution in [1.29, 1.82) is 0 Å². The Balaban J connectivity index is 2.04. The predicted octanol–water partition coefficient (Wildman–Crippen LogP) is 0.254. The highest BCUT2D eigenvalue weighted by Crippen LogP contribution is 1.94. The van der Waals surface area contributed by atoms with Crippen molar-refractivity contribution in [3.05, 3.63) is 18.5 Å². The van der Waals surface area contributed by atoms with Gasteiger partial charge in [0, 0.05) is 31.9 Å². The van der Waals surface area contributed by atoms with Crippen LogP contribution < -0.4 is 5.32 Å². The summed E-state index contributed by atoms with van der Waals surface area (Å²) >= 11 is 0. The van der Waals surface area contributed by atoms with Crippen molar-refractivity contribution < 1.29 is 14.7 Å². The second-order valence-electron chi connectivity index (χ2n) is 3.37. The topological polar surface area (TPSA) is 84.2 Å². The standard InChI is InChI=1S/C10H15N3O3/c14-9(11-6-4-10(15)16)3-1-7-13-8-2-5-12-13/h2,5,8H,1,3-4,6-7H2,(H,11,14)(H,15,16). The summed E-state index contributed by atoms with van der Waals surface area (Å²) < 4.78 is 1.75. The fourth-order valence-corrected chi connectivity index (χ4v) is 1.23. The SMILES string of the molecule is O=C(O)CCNC(=O)CCCn1cccn1. The highest BCUT2D eigenvalue weighted by Gasteiger charge is 2.02. The number of amides is 1. The highest BCUT2D eigenvalue weighted by atomic mass is 16.4. The largest absolute Gasteiger partial charge is 0.481 e. The first-order valence-electron chi connectivity index (χ1n) is 5.14. The minimum atomic E-state index is -0.906. The molecule has 1 aromatic rings. The maximum Gasteiger partial charge on any atom is 0.305 e. The van der Waals surface area contributed by atoms with E-state index in [0.717, 1.165) is 0 Å². The van der Waals surface area contributed by atoms with Gasteiger partial charge in [0.1, 0.15) is 0 Å². The van der Waals surface area contributed by atoms with Crippen LogP contribution in [0.5, 0.6) is 0 Å². The van der Waals surface area contributed by atoms with Gasteiger partial charge in [-0.2, -0.15) is 5.10 Å². The molecule has 1 rings (SSSR count). The summed E-state index contributed by atoms with van der Waals surface area (Å²) in [6.45, 7) is 0.884. The lowest BCUT2D eigenvalue weighted by Crippen LogP contribution is -2.25. The van der Waals surface area contributed by atoms with Crippen molar-refractivity contribution in [3.63, 3.8) is 0 Å². The minimum absolute atomic E-state index is 0.0368. The molecular formula is C10H15N3O3. The number of hydrogen-bond acceptors (Lipinski definition) is 3. The van der Waals surface area contributed by atoms with Crippen molar-refractivity contribution >= 4 is 11.9 Å². The molecule has 0 fully saturated rings. The quantitative estimate of drug-likeness (QED) is 0.696. The molecule has 0 aromatic carbocycles. The number of hydrogen-bond donors (Lipinski definition) is 2. The fraction of sp³-hybridized carbons (Fsp3) is 0.500. The number of aliphatic carboxylic acids is 1. The van der Waals surface area contributed by atoms with Crippen molar-refractivity contribution in [2.75, 3.05) is 6.54 Å². The van der Waals surface area contributed by atoms with Crippen LogP contribution >= 0.6 is 0 Å². The molecule has 16 heavy (non-hydrogen) atoms. The number of rotatable bonds is 7. The highest BCUT2D eigenvalue weighted by molar-refractivity contribution is 5.76. The van der Waals surface area contributed by atoms with Gasteiger partial charge in [-0.1, -0.05) is 0 Å². The van der Waals surface area contributed by atoms with E-state index >= 15 is 0 Å². The molecule has 0 aliphatic heterocycles. The van der Waals surface area contributed by atoms with Gasteiger partial charge in [0.15, 0.2) is 0 Å². The summed E-state index contributed by atoms with van der Waals surface area (Å²) in [5.74, 6) is -1.02. The van der Waals surface area contributed by atoms with Crippen LogP contribution in [0.3, 0.4) is 0 Å². The van der Waals surface area contributed by atoms with Gasteiger partial charge in [-0.15, -0.1) is 0 Å². The van der Waals surface area contributed by atoms with Crippen LogP contribution in [0.15, 0.2) is 18.5 Å². The van der Waals surface area contributed by atoms with Crippen molar-refractivity contribution in [3.8, 4) is 0 Å². The fourth-order valence-electron chi connectivity index (χ4n) is 1.23. The van der Waals surface area contributed by atoms with Gasteiger partial charge in [0.2, 0.25) is 5.91 Å². The predicted molar refractivity (Wildman–Crippen MR) is 56.7 cm³/mol. The molecule has 0 atom stereocenters. The van der Waals surface area contributed by atoms with Gasteiger partial charge in [-0.05, 0) is 12.5 Å². The molecule has 0 unspecified atom stereocenters. The van der Waals surface area contributed by atoms with E-state index in [0.29, 0.717) is 19.4 Å². The lowest BCUT2D eigenvalue weighted by atomic mass is 10.3. The molecule has 0 bridgehead atoms. The van der Waals surface area contributed by atoms with Crippen molar-refractivity contribution in [1.82, 2.24) is 15.1 Å². The molecule has 0 aliphatic rings. The summed E-state index contributed by atoms with van der Waals surface area (Å²) in [5.41, 5.74) is 0. The Morgan fingerprint density at radius 1 is 1.38 bits per heavy atom. The Hall–Kier alpha value is -1.85. The summed E-state index contributed by atoms with van der Waals surface area (Å²) in [5, 5.41) is 14.9. The average molecular weight is 225 g/mol. The maximum atomic E-state index is 11.2. The smallest absolute Gasteiger partial charge is 0.305 e. The minimum Gasteiger partial charge on any atom is -0.481 e. The van der Waals surface area contributed by atoms with Gasteiger partial charge >= 0.3 is 5.97 Å². The number of carboxylic acid groups (broad SMARTS) is 1. The summed E-state index contributed by atoms with van der Waals surface area (Å²) in [6.07, 6.45) is 4.57. The van der Waals surface area contributed by atoms with E-state index in [9.17, 15) is 9.59 Å². The van der Waals surface area contributed by atoms with E-state index in [1.165, 1.54) is 0 Å². The van der Waals surface area contributed by atoms with E-state index in [2.05, 4.69) is 10.4 Å². The Morgan fingerprint density at radius 2 is 2.19 bits per heavy atom. The molecule has 88 valence electrons. The third-order valence-corrected chi connectivity index (χ3v) is 2.01. The molecule has 0 aliphatic carbocycles. The van der Waals surface area contributed by atoms with Crippen molar-refractivity contribution in [2.45, 2.75) is 25.8 Å². The first kappa shape index (κ1) is 12.2. The first-order valence-corrected chi connectivity index (χ1v) is 5.14. The van der Waals surface area contributed by atoms with Crippen LogP contribution in [0, 0.1) is 0 Å². The van der Waals surface area contributed by atoms with Crippen molar-refractivity contribution in [2.24, 2.45) is 0 Å². The van der Waals surface area contributed by atoms with Crippen LogP contribution in [0.4, 0.5) is 0 Å². The Kier molecular flexibility index (Phi) is 5.04. The van der Waals surface area contributed by atoms with Gasteiger partial charge < -0.3 is 10.4 Å². The number of carbonyl (C=O) groups is 2. The third kappa shape index (κ3) is 5.14. The Labute approximate surface area is 93.3 Å². The molecule has 0 saturated heterocycles. The summed E-state index contributed by atoms with van der Waals surface area (Å²) in [6, 6.07) is 1.83. The normalized spacial score (nSPS) is 10.0. The van der Waals surface area contributed by atoms with Gasteiger partial charge in [0.05, 0.1) is 6.42 Å². The maximum absolute atomic E-state index is 11.2. The number of carbonyl (C=O) groups excluding carboxylic acids is 1. The second kappa shape index (κ2) is 6.60. The molecule has 6 heteroatoms. The number of nitrogens with zero attached hydrogens (tertiary/aromatic N) is 2. The van der Waals surface area contributed by atoms with Crippen LogP contribution in [0.25, 0.3) is 0 Å². The molecule has 1 heterocycles. The first-order chi connectivity index (χ1) is 7.68. The molecule has 6 nitrogen and oxygen atoms in total. The number of nitrogens with one attached hydrogen (secondary N) is 1. The van der Waals surface area contributed by atoms with Crippen LogP contribution in [-0.2, 0) is 16.1 Å². The monoisotopic (exact) mass is 225 g/mol. The molecule has 1 aromatic heterocycles. The van der Waals surface area contributed by atoms with Crippen LogP contribution in [-0.4, -0.2) is 33.3 Å². The number of aromatic nitrogens is 2. The summed E-state index contributed by atoms with van der Waals surface area (Å²) in [4.78, 5) is 21.4. The molecule has 0 radical (unpaired) electrons. The number of aryl methyl sites for hydroxylation is 1. The Morgan fingerprint density at radius 3 is 2.81 bits per heavy atom. The molecule has 0 saturated carbocycles. The zero-order valence-electron chi connectivity index (χ0n) is 8.93. The second-order valence-corrected chi connectivity index (χ2v) is 3.37. The van der Waals surface area contributed by atoms with E-state index in [1.807, 2.05) is 12.3 Å². The zero-order valence-corrected chi connectivity index (χ0v) is 8.93. The summed E-state index contributed by atoms with van der Waals surface area (Å²) in [7, 11) is 0. The zero-order chi connectivity index (χ0) is 11.8. The van der Waals surface area contributed by atoms with E-state index in [1.54, 1.807) is 10.9 Å². The van der Waals surface area contributed by atoms with Gasteiger partial charge in [-0.3, -0.25) is 14.3 Å². The molecule has 1 amide bonds. The van der Waals surface area contributed by atoms with Gasteiger partial charge in [-0.25, -0.2) is 0 Å². The molecular weight excluding hydrogens is 210 g/mol. The lowest BCUT2D eigenvalue weighted by molar-refractivity contribution is -0.136. The Bertz CT molecular complexity index is 335. The number of carboxylic acids is 1. The van der Waals surface area contributed by atoms with Crippen LogP contribution in [0.1, 0.15) is 19.3 Å². The van der Waals surface area contributed by atoms with Gasteiger partial charge in [0.25, 0.3) is 0 Å². The molecule has 0 spiro atoms. The lowest BCUT2D eigenvalue weighted by Gasteiger charge is -2.03. The molecule has 2 N–H and O–H groups in total. The van der Waals surface area contributed by atoms with Crippen LogP contribution in [0.2, 0.25) is 0 Å². The average Bonchev–Trinajstić information content (AvgIpc) is 2.70. The van der Waals surface area contributed by atoms with E-state index in [4.69, 9.17) is 5.11 Å². The third-order valence-electron chi connectivity index (χ3n) is 2.01. The van der Waals surface area contributed by atoms with E-state index < -0.39 is 5.97 Å². The van der Waals surface area contributed by atoms with E-state index in [-0.39, 0.29) is 18.9 Å².